The zero-order valence-electron chi connectivity index (χ0n) is 19.9. The molecule has 2 aromatic heterocycles. The fourth-order valence-electron chi connectivity index (χ4n) is 5.10. The lowest BCUT2D eigenvalue weighted by molar-refractivity contribution is -0.274. The Hall–Kier alpha value is -3.90. The number of alkyl halides is 3. The third-order valence-electron chi connectivity index (χ3n) is 6.96. The van der Waals surface area contributed by atoms with Gasteiger partial charge in [-0.2, -0.15) is 5.10 Å². The molecule has 1 N–H and O–H groups in total. The number of fused-ring (bicyclic) bond motifs is 1. The Bertz CT molecular complexity index is 1320. The number of anilines is 1. The van der Waals surface area contributed by atoms with E-state index in [2.05, 4.69) is 15.2 Å². The van der Waals surface area contributed by atoms with E-state index in [1.807, 2.05) is 17.8 Å². The molecule has 1 aromatic carbocycles. The Balaban J connectivity index is 1.17. The molecule has 5 rings (SSSR count). The van der Waals surface area contributed by atoms with Gasteiger partial charge in [0.1, 0.15) is 22.7 Å². The third-order valence-corrected chi connectivity index (χ3v) is 6.96. The van der Waals surface area contributed by atoms with E-state index in [4.69, 9.17) is 4.74 Å². The number of ether oxygens (including phenoxy) is 2. The Labute approximate surface area is 204 Å². The number of likely N-dealkylation sites (tertiary alicyclic amines) is 1. The molecule has 2 aliphatic rings. The van der Waals surface area contributed by atoms with Gasteiger partial charge in [0, 0.05) is 57.1 Å². The number of nitrogens with zero attached hydrogens (tertiary/aromatic N) is 5. The molecule has 192 valence electrons. The molecule has 3 aromatic rings. The molecule has 1 saturated carbocycles. The van der Waals surface area contributed by atoms with Crippen molar-refractivity contribution in [3.8, 4) is 11.5 Å². The van der Waals surface area contributed by atoms with Crippen LogP contribution in [0.1, 0.15) is 23.2 Å². The Morgan fingerprint density at radius 3 is 2.61 bits per heavy atom. The molecule has 0 radical (unpaired) electrons. The summed E-state index contributed by atoms with van der Waals surface area (Å²) in [6, 6.07) is 2.93. The van der Waals surface area contributed by atoms with Crippen LogP contribution >= 0.6 is 0 Å². The van der Waals surface area contributed by atoms with E-state index in [0.29, 0.717) is 18.7 Å². The topological polar surface area (TPSA) is 93.3 Å². The van der Waals surface area contributed by atoms with Crippen LogP contribution in [0.15, 0.2) is 36.8 Å². The fourth-order valence-corrected chi connectivity index (χ4v) is 5.10. The van der Waals surface area contributed by atoms with Gasteiger partial charge in [-0.15, -0.1) is 13.2 Å². The molecule has 3 heterocycles. The van der Waals surface area contributed by atoms with E-state index in [1.165, 1.54) is 18.1 Å². The van der Waals surface area contributed by atoms with Gasteiger partial charge >= 0.3 is 12.4 Å². The number of hydrogen-bond acceptors (Lipinski definition) is 5. The predicted octanol–water partition coefficient (Wildman–Crippen LogP) is 3.35. The smallest absolute Gasteiger partial charge is 0.495 e. The largest absolute Gasteiger partial charge is 0.573 e. The quantitative estimate of drug-likeness (QED) is 0.573. The summed E-state index contributed by atoms with van der Waals surface area (Å²) in [6.45, 7) is 1.20. The molecule has 13 heteroatoms. The number of nitrogens with one attached hydrogen (secondary N) is 1. The van der Waals surface area contributed by atoms with Gasteiger partial charge in [0.15, 0.2) is 0 Å². The molecule has 10 nitrogen and oxygen atoms in total. The van der Waals surface area contributed by atoms with Gasteiger partial charge in [-0.05, 0) is 25.0 Å². The molecular formula is C23H25F3N6O4. The number of hydrogen-bond donors (Lipinski definition) is 1. The van der Waals surface area contributed by atoms with Crippen molar-refractivity contribution in [2.24, 2.45) is 12.5 Å². The highest BCUT2D eigenvalue weighted by Crippen LogP contribution is 2.50. The van der Waals surface area contributed by atoms with Crippen LogP contribution in [0, 0.1) is 5.41 Å². The van der Waals surface area contributed by atoms with Crippen molar-refractivity contribution in [1.29, 1.82) is 0 Å². The second-order valence-corrected chi connectivity index (χ2v) is 9.41. The zero-order valence-corrected chi connectivity index (χ0v) is 19.9. The van der Waals surface area contributed by atoms with Crippen LogP contribution < -0.4 is 14.8 Å². The number of benzene rings is 1. The Morgan fingerprint density at radius 2 is 1.94 bits per heavy atom. The molecule has 3 amide bonds. The molecule has 1 spiro atoms. The minimum absolute atomic E-state index is 0.0342. The van der Waals surface area contributed by atoms with Crippen LogP contribution in [0.2, 0.25) is 0 Å². The second-order valence-electron chi connectivity index (χ2n) is 9.41. The Morgan fingerprint density at radius 1 is 1.22 bits per heavy atom. The molecule has 1 aliphatic heterocycles. The maximum absolute atomic E-state index is 13.0. The van der Waals surface area contributed by atoms with Gasteiger partial charge in [0.25, 0.3) is 5.91 Å². The van der Waals surface area contributed by atoms with Gasteiger partial charge in [-0.3, -0.25) is 4.79 Å². The predicted molar refractivity (Wildman–Crippen MR) is 122 cm³/mol. The van der Waals surface area contributed by atoms with E-state index in [9.17, 15) is 22.8 Å². The minimum atomic E-state index is -4.85. The average molecular weight is 506 g/mol. The van der Waals surface area contributed by atoms with Crippen LogP contribution in [0.5, 0.6) is 11.5 Å². The number of aromatic nitrogens is 3. The lowest BCUT2D eigenvalue weighted by atomic mass is 9.60. The van der Waals surface area contributed by atoms with Crippen molar-refractivity contribution in [1.82, 2.24) is 24.0 Å². The maximum Gasteiger partial charge on any atom is 0.573 e. The van der Waals surface area contributed by atoms with Gasteiger partial charge in [-0.1, -0.05) is 0 Å². The van der Waals surface area contributed by atoms with E-state index in [0.717, 1.165) is 30.6 Å². The van der Waals surface area contributed by atoms with Crippen molar-refractivity contribution in [3.63, 3.8) is 0 Å². The molecule has 2 fully saturated rings. The van der Waals surface area contributed by atoms with Crippen molar-refractivity contribution >= 4 is 23.3 Å². The SMILES string of the molecule is COc1ccc(OC(F)(F)F)cc1NC(=O)N(C)C1CC2(C1)CN(C(=O)c1cnn3ccn(C)c13)C2. The summed E-state index contributed by atoms with van der Waals surface area (Å²) in [5.74, 6) is -0.328. The molecular weight excluding hydrogens is 481 g/mol. The fraction of sp³-hybridized carbons (Fsp3) is 0.435. The highest BCUT2D eigenvalue weighted by Gasteiger charge is 2.55. The first kappa shape index (κ1) is 23.8. The number of rotatable bonds is 5. The molecule has 0 bridgehead atoms. The highest BCUT2D eigenvalue weighted by molar-refractivity contribution is 6.00. The maximum atomic E-state index is 13.0. The molecule has 0 unspecified atom stereocenters. The number of methoxy groups -OCH3 is 1. The number of imidazole rings is 1. The highest BCUT2D eigenvalue weighted by atomic mass is 19.4. The van der Waals surface area contributed by atoms with Crippen LogP contribution in [-0.4, -0.2) is 75.6 Å². The first-order chi connectivity index (χ1) is 17.0. The summed E-state index contributed by atoms with van der Waals surface area (Å²) in [5.41, 5.74) is 1.33. The normalized spacial score (nSPS) is 17.0. The number of urea groups is 1. The van der Waals surface area contributed by atoms with Crippen molar-refractivity contribution in [2.75, 3.05) is 32.6 Å². The standard InChI is InChI=1S/C23H25F3N6O4/c1-29-6-7-32-19(29)16(11-27-32)20(33)31-12-22(13-31)9-14(10-22)30(2)21(34)28-17-8-15(36-23(24,25)26)4-5-18(17)35-3/h4-8,11,14H,9-10,12-13H2,1-3H3,(H,28,34). The van der Waals surface area contributed by atoms with E-state index in [-0.39, 0.29) is 28.8 Å². The summed E-state index contributed by atoms with van der Waals surface area (Å²) in [7, 11) is 4.85. The monoisotopic (exact) mass is 506 g/mol. The van der Waals surface area contributed by atoms with E-state index >= 15 is 0 Å². The van der Waals surface area contributed by atoms with Crippen molar-refractivity contribution in [2.45, 2.75) is 25.2 Å². The van der Waals surface area contributed by atoms with E-state index in [1.54, 1.807) is 28.9 Å². The summed E-state index contributed by atoms with van der Waals surface area (Å²) >= 11 is 0. The van der Waals surface area contributed by atoms with Crippen LogP contribution in [-0.2, 0) is 7.05 Å². The van der Waals surface area contributed by atoms with Gasteiger partial charge in [0.2, 0.25) is 0 Å². The van der Waals surface area contributed by atoms with Gasteiger partial charge in [-0.25, -0.2) is 9.31 Å². The van der Waals surface area contributed by atoms with Gasteiger partial charge in [0.05, 0.1) is 19.0 Å². The molecule has 1 aliphatic carbocycles. The third kappa shape index (κ3) is 4.18. The summed E-state index contributed by atoms with van der Waals surface area (Å²) in [6.07, 6.45) is 1.80. The molecule has 1 saturated heterocycles. The summed E-state index contributed by atoms with van der Waals surface area (Å²) in [5, 5.41) is 6.82. The van der Waals surface area contributed by atoms with Crippen LogP contribution in [0.3, 0.4) is 0 Å². The summed E-state index contributed by atoms with van der Waals surface area (Å²) < 4.78 is 50.3. The van der Waals surface area contributed by atoms with Crippen LogP contribution in [0.4, 0.5) is 23.7 Å². The van der Waals surface area contributed by atoms with E-state index < -0.39 is 18.1 Å². The molecule has 0 atom stereocenters. The zero-order chi connectivity index (χ0) is 25.8. The summed E-state index contributed by atoms with van der Waals surface area (Å²) in [4.78, 5) is 29.1. The Kier molecular flexibility index (Phi) is 5.52. The lowest BCUT2D eigenvalue weighted by Gasteiger charge is -2.60. The number of aryl methyl sites for hydroxylation is 1. The number of halogens is 3. The van der Waals surface area contributed by atoms with Crippen molar-refractivity contribution < 1.29 is 32.2 Å². The minimum Gasteiger partial charge on any atom is -0.495 e. The molecule has 36 heavy (non-hydrogen) atoms. The number of carbonyl (C=O) groups excluding carboxylic acids is 2. The first-order valence-electron chi connectivity index (χ1n) is 11.2. The average Bonchev–Trinajstić information content (AvgIpc) is 3.33. The first-order valence-corrected chi connectivity index (χ1v) is 11.2. The number of amides is 3. The van der Waals surface area contributed by atoms with Crippen LogP contribution in [0.25, 0.3) is 5.65 Å². The lowest BCUT2D eigenvalue weighted by Crippen LogP contribution is -2.67. The number of carbonyl (C=O) groups is 2. The van der Waals surface area contributed by atoms with Crippen molar-refractivity contribution in [3.05, 3.63) is 42.4 Å². The van der Waals surface area contributed by atoms with Gasteiger partial charge < -0.3 is 29.2 Å². The second kappa shape index (κ2) is 8.35.